The molecule has 3 rings (SSSR count). The molecule has 8 heteroatoms. The van der Waals surface area contributed by atoms with Crippen molar-refractivity contribution in [1.82, 2.24) is 20.1 Å². The molecule has 0 saturated carbocycles. The predicted octanol–water partition coefficient (Wildman–Crippen LogP) is 2.41. The number of rotatable bonds is 9. The van der Waals surface area contributed by atoms with E-state index in [1.165, 1.54) is 10.4 Å². The van der Waals surface area contributed by atoms with Gasteiger partial charge in [-0.2, -0.15) is 0 Å². The summed E-state index contributed by atoms with van der Waals surface area (Å²) in [6.45, 7) is 0.480. The molecular formula is C20H27FN4O2S. The van der Waals surface area contributed by atoms with Crippen LogP contribution in [-0.2, 0) is 16.4 Å². The highest BCUT2D eigenvalue weighted by molar-refractivity contribution is 7.89. The minimum Gasteiger partial charge on any atom is -0.261 e. The van der Waals surface area contributed by atoms with Gasteiger partial charge in [-0.3, -0.25) is 15.8 Å². The molecule has 2 aromatic rings. The molecule has 152 valence electrons. The van der Waals surface area contributed by atoms with Gasteiger partial charge in [-0.25, -0.2) is 17.1 Å². The molecule has 28 heavy (non-hydrogen) atoms. The highest BCUT2D eigenvalue weighted by Crippen LogP contribution is 2.24. The average molecular weight is 407 g/mol. The van der Waals surface area contributed by atoms with Crippen LogP contribution in [0.4, 0.5) is 4.39 Å². The van der Waals surface area contributed by atoms with Crippen LogP contribution in [0, 0.1) is 5.82 Å². The van der Waals surface area contributed by atoms with Crippen molar-refractivity contribution in [3.05, 3.63) is 65.7 Å². The monoisotopic (exact) mass is 406 g/mol. The molecule has 0 radical (unpaired) electrons. The lowest BCUT2D eigenvalue weighted by Crippen LogP contribution is -2.33. The number of aryl methyl sites for hydroxylation is 1. The zero-order chi connectivity index (χ0) is 20.0. The second kappa shape index (κ2) is 9.56. The van der Waals surface area contributed by atoms with Gasteiger partial charge in [-0.15, -0.1) is 0 Å². The molecule has 1 saturated heterocycles. The van der Waals surface area contributed by atoms with Gasteiger partial charge in [0.05, 0.1) is 5.75 Å². The first-order valence-corrected chi connectivity index (χ1v) is 11.2. The minimum atomic E-state index is -3.30. The zero-order valence-electron chi connectivity index (χ0n) is 16.0. The van der Waals surface area contributed by atoms with Crippen LogP contribution in [-0.4, -0.2) is 43.1 Å². The molecule has 2 unspecified atom stereocenters. The molecule has 2 atom stereocenters. The SMILES string of the molecule is CN(CCCC1CC(c2cccc(F)c2)NN1)S(=O)(=O)CCc1ccccn1. The Morgan fingerprint density at radius 1 is 1.21 bits per heavy atom. The number of nitrogens with zero attached hydrogens (tertiary/aromatic N) is 2. The molecule has 1 fully saturated rings. The van der Waals surface area contributed by atoms with E-state index in [1.54, 1.807) is 25.4 Å². The number of halogens is 1. The molecule has 6 nitrogen and oxygen atoms in total. The maximum Gasteiger partial charge on any atom is 0.214 e. The Kier molecular flexibility index (Phi) is 7.12. The van der Waals surface area contributed by atoms with Gasteiger partial charge in [0.15, 0.2) is 0 Å². The van der Waals surface area contributed by atoms with Crippen molar-refractivity contribution in [2.45, 2.75) is 37.8 Å². The first-order chi connectivity index (χ1) is 13.4. The minimum absolute atomic E-state index is 0.0609. The van der Waals surface area contributed by atoms with Gasteiger partial charge in [-0.1, -0.05) is 18.2 Å². The van der Waals surface area contributed by atoms with E-state index in [1.807, 2.05) is 24.3 Å². The lowest BCUT2D eigenvalue weighted by molar-refractivity contribution is 0.428. The topological polar surface area (TPSA) is 74.3 Å². The molecule has 0 spiro atoms. The van der Waals surface area contributed by atoms with E-state index in [4.69, 9.17) is 0 Å². The molecule has 0 amide bonds. The molecular weight excluding hydrogens is 379 g/mol. The highest BCUT2D eigenvalue weighted by atomic mass is 32.2. The summed E-state index contributed by atoms with van der Waals surface area (Å²) in [4.78, 5) is 4.17. The standard InChI is InChI=1S/C20H27FN4O2S/c1-25(28(26,27)13-10-18-8-2-3-11-22-18)12-5-9-19-15-20(24-23-19)16-6-4-7-17(21)14-16/h2-4,6-8,11,14,19-20,23-24H,5,9-10,12-13,15H2,1H3. The Hall–Kier alpha value is -1.87. The van der Waals surface area contributed by atoms with Crippen LogP contribution in [0.3, 0.4) is 0 Å². The van der Waals surface area contributed by atoms with Gasteiger partial charge in [0.2, 0.25) is 10.0 Å². The zero-order valence-corrected chi connectivity index (χ0v) is 16.8. The van der Waals surface area contributed by atoms with E-state index in [0.717, 1.165) is 30.5 Å². The van der Waals surface area contributed by atoms with Gasteiger partial charge in [0.1, 0.15) is 5.82 Å². The number of benzene rings is 1. The summed E-state index contributed by atoms with van der Waals surface area (Å²) in [5.41, 5.74) is 8.14. The molecule has 0 bridgehead atoms. The van der Waals surface area contributed by atoms with E-state index in [0.29, 0.717) is 13.0 Å². The van der Waals surface area contributed by atoms with Crippen molar-refractivity contribution in [3.63, 3.8) is 0 Å². The Bertz CT molecular complexity index is 864. The summed E-state index contributed by atoms with van der Waals surface area (Å²) in [7, 11) is -1.67. The van der Waals surface area contributed by atoms with Gasteiger partial charge >= 0.3 is 0 Å². The molecule has 1 aliphatic rings. The van der Waals surface area contributed by atoms with Crippen molar-refractivity contribution in [1.29, 1.82) is 0 Å². The van der Waals surface area contributed by atoms with Crippen molar-refractivity contribution < 1.29 is 12.8 Å². The van der Waals surface area contributed by atoms with Crippen molar-refractivity contribution in [2.24, 2.45) is 0 Å². The summed E-state index contributed by atoms with van der Waals surface area (Å²) in [6.07, 6.45) is 4.54. The Labute approximate surface area is 166 Å². The van der Waals surface area contributed by atoms with Crippen LogP contribution in [0.1, 0.15) is 36.6 Å². The molecule has 1 aliphatic heterocycles. The largest absolute Gasteiger partial charge is 0.261 e. The Morgan fingerprint density at radius 3 is 2.82 bits per heavy atom. The number of hydrogen-bond donors (Lipinski definition) is 2. The summed E-state index contributed by atoms with van der Waals surface area (Å²) >= 11 is 0. The fourth-order valence-corrected chi connectivity index (χ4v) is 4.57. The van der Waals surface area contributed by atoms with Gasteiger partial charge in [0.25, 0.3) is 0 Å². The number of hydrogen-bond acceptors (Lipinski definition) is 5. The van der Waals surface area contributed by atoms with Gasteiger partial charge in [-0.05, 0) is 49.1 Å². The highest BCUT2D eigenvalue weighted by Gasteiger charge is 2.25. The number of nitrogens with one attached hydrogen (secondary N) is 2. The normalized spacial score (nSPS) is 20.0. The molecule has 1 aromatic heterocycles. The fraction of sp³-hybridized carbons (Fsp3) is 0.450. The van der Waals surface area contributed by atoms with Gasteiger partial charge in [0, 0.05) is 44.0 Å². The number of hydrazine groups is 1. The molecule has 2 heterocycles. The van der Waals surface area contributed by atoms with E-state index in [9.17, 15) is 12.8 Å². The Balaban J connectivity index is 1.40. The third kappa shape index (κ3) is 5.81. The second-order valence-electron chi connectivity index (χ2n) is 7.18. The van der Waals surface area contributed by atoms with E-state index in [-0.39, 0.29) is 23.7 Å². The molecule has 1 aromatic carbocycles. The predicted molar refractivity (Wildman–Crippen MR) is 107 cm³/mol. The lowest BCUT2D eigenvalue weighted by atomic mass is 10.00. The van der Waals surface area contributed by atoms with Crippen LogP contribution < -0.4 is 10.9 Å². The van der Waals surface area contributed by atoms with Crippen LogP contribution in [0.2, 0.25) is 0 Å². The van der Waals surface area contributed by atoms with E-state index < -0.39 is 10.0 Å². The van der Waals surface area contributed by atoms with Crippen LogP contribution in [0.25, 0.3) is 0 Å². The number of sulfonamides is 1. The summed E-state index contributed by atoms with van der Waals surface area (Å²) < 4.78 is 39.7. The lowest BCUT2D eigenvalue weighted by Gasteiger charge is -2.18. The third-order valence-corrected chi connectivity index (χ3v) is 6.93. The van der Waals surface area contributed by atoms with E-state index in [2.05, 4.69) is 15.8 Å². The van der Waals surface area contributed by atoms with Crippen molar-refractivity contribution >= 4 is 10.0 Å². The number of aromatic nitrogens is 1. The first kappa shape index (κ1) is 20.9. The average Bonchev–Trinajstić information content (AvgIpc) is 3.16. The molecule has 2 N–H and O–H groups in total. The van der Waals surface area contributed by atoms with Crippen LogP contribution >= 0.6 is 0 Å². The maximum absolute atomic E-state index is 13.4. The first-order valence-electron chi connectivity index (χ1n) is 9.54. The van der Waals surface area contributed by atoms with Crippen LogP contribution in [0.5, 0.6) is 0 Å². The third-order valence-electron chi connectivity index (χ3n) is 5.08. The van der Waals surface area contributed by atoms with Crippen molar-refractivity contribution in [3.8, 4) is 0 Å². The summed E-state index contributed by atoms with van der Waals surface area (Å²) in [6, 6.07) is 12.4. The van der Waals surface area contributed by atoms with E-state index >= 15 is 0 Å². The maximum atomic E-state index is 13.4. The van der Waals surface area contributed by atoms with Gasteiger partial charge < -0.3 is 0 Å². The molecule has 0 aliphatic carbocycles. The fourth-order valence-electron chi connectivity index (χ4n) is 3.39. The van der Waals surface area contributed by atoms with Crippen LogP contribution in [0.15, 0.2) is 48.7 Å². The summed E-state index contributed by atoms with van der Waals surface area (Å²) in [5, 5.41) is 0. The second-order valence-corrected chi connectivity index (χ2v) is 9.38. The summed E-state index contributed by atoms with van der Waals surface area (Å²) in [5.74, 6) is -0.175. The number of pyridine rings is 1. The smallest absolute Gasteiger partial charge is 0.214 e. The quantitative estimate of drug-likeness (QED) is 0.669. The Morgan fingerprint density at radius 2 is 2.07 bits per heavy atom. The van der Waals surface area contributed by atoms with Crippen molar-refractivity contribution in [2.75, 3.05) is 19.3 Å².